The topological polar surface area (TPSA) is 43.9 Å². The molecule has 1 aliphatic rings. The van der Waals surface area contributed by atoms with Crippen molar-refractivity contribution in [3.63, 3.8) is 0 Å². The molecule has 240 valence electrons. The van der Waals surface area contributed by atoms with Crippen molar-refractivity contribution in [1.82, 2.24) is 14.5 Å². The number of aromatic nitrogens is 3. The average Bonchev–Trinajstić information content (AvgIpc) is 3.78. The number of para-hydroxylation sites is 3. The number of benzene rings is 7. The molecule has 0 fully saturated rings. The summed E-state index contributed by atoms with van der Waals surface area (Å²) in [5.41, 5.74) is 14.3. The Balaban J connectivity index is 1.09. The van der Waals surface area contributed by atoms with Crippen LogP contribution in [0.4, 0.5) is 0 Å². The van der Waals surface area contributed by atoms with Crippen LogP contribution in [-0.2, 0) is 5.41 Å². The number of nitrogens with zero attached hydrogens (tertiary/aromatic N) is 3. The molecule has 1 aliphatic carbocycles. The Kier molecular flexibility index (Phi) is 5.70. The van der Waals surface area contributed by atoms with Crippen molar-refractivity contribution in [3.05, 3.63) is 163 Å². The van der Waals surface area contributed by atoms with Crippen molar-refractivity contribution in [3.8, 4) is 39.5 Å². The first-order valence-corrected chi connectivity index (χ1v) is 17.5. The Bertz CT molecular complexity index is 3040. The number of fused-ring (bicyclic) bond motifs is 10. The molecule has 3 aromatic heterocycles. The molecule has 0 atom stereocenters. The molecule has 7 aromatic carbocycles. The molecule has 0 radical (unpaired) electrons. The maximum absolute atomic E-state index is 6.38. The van der Waals surface area contributed by atoms with Gasteiger partial charge in [-0.3, -0.25) is 0 Å². The molecule has 0 aliphatic heterocycles. The van der Waals surface area contributed by atoms with Crippen LogP contribution in [0.25, 0.3) is 94.1 Å². The third kappa shape index (κ3) is 4.02. The molecule has 0 saturated carbocycles. The summed E-state index contributed by atoms with van der Waals surface area (Å²) < 4.78 is 8.78. The highest BCUT2D eigenvalue weighted by Gasteiger charge is 2.37. The fraction of sp³-hybridized carbons (Fsp3) is 0.0638. The zero-order valence-corrected chi connectivity index (χ0v) is 28.2. The van der Waals surface area contributed by atoms with Crippen LogP contribution in [-0.4, -0.2) is 14.5 Å². The number of furan rings is 1. The first-order valence-electron chi connectivity index (χ1n) is 17.5. The molecular weight excluding hydrogens is 623 g/mol. The summed E-state index contributed by atoms with van der Waals surface area (Å²) in [6.07, 6.45) is 0. The maximum Gasteiger partial charge on any atom is 0.160 e. The second-order valence-corrected chi connectivity index (χ2v) is 14.2. The van der Waals surface area contributed by atoms with Gasteiger partial charge in [-0.15, -0.1) is 0 Å². The third-order valence-electron chi connectivity index (χ3n) is 11.0. The molecule has 0 N–H and O–H groups in total. The molecule has 0 amide bonds. The molecule has 0 saturated heterocycles. The molecule has 0 bridgehead atoms. The highest BCUT2D eigenvalue weighted by Crippen LogP contribution is 2.53. The molecule has 10 aromatic rings. The summed E-state index contributed by atoms with van der Waals surface area (Å²) in [4.78, 5) is 10.1. The van der Waals surface area contributed by atoms with Crippen LogP contribution in [0.3, 0.4) is 0 Å². The molecule has 3 heterocycles. The smallest absolute Gasteiger partial charge is 0.160 e. The van der Waals surface area contributed by atoms with Crippen LogP contribution in [0.2, 0.25) is 0 Å². The molecule has 0 unspecified atom stereocenters. The highest BCUT2D eigenvalue weighted by molar-refractivity contribution is 6.13. The first kappa shape index (κ1) is 28.3. The van der Waals surface area contributed by atoms with Crippen LogP contribution < -0.4 is 0 Å². The van der Waals surface area contributed by atoms with Crippen molar-refractivity contribution in [2.24, 2.45) is 0 Å². The Hall–Kier alpha value is -6.52. The van der Waals surface area contributed by atoms with Gasteiger partial charge in [0.15, 0.2) is 5.82 Å². The summed E-state index contributed by atoms with van der Waals surface area (Å²) in [5, 5.41) is 5.90. The van der Waals surface area contributed by atoms with E-state index in [2.05, 4.69) is 146 Å². The van der Waals surface area contributed by atoms with Crippen LogP contribution >= 0.6 is 0 Å². The van der Waals surface area contributed by atoms with Gasteiger partial charge >= 0.3 is 0 Å². The second kappa shape index (κ2) is 10.3. The summed E-state index contributed by atoms with van der Waals surface area (Å²) in [6.45, 7) is 4.71. The summed E-state index contributed by atoms with van der Waals surface area (Å²) in [6, 6.07) is 53.9. The van der Waals surface area contributed by atoms with E-state index < -0.39 is 0 Å². The van der Waals surface area contributed by atoms with E-state index in [9.17, 15) is 0 Å². The van der Waals surface area contributed by atoms with Gasteiger partial charge in [0.2, 0.25) is 0 Å². The van der Waals surface area contributed by atoms with E-state index in [1.54, 1.807) is 0 Å². The molecule has 51 heavy (non-hydrogen) atoms. The van der Waals surface area contributed by atoms with Gasteiger partial charge in [-0.1, -0.05) is 98.8 Å². The predicted molar refractivity (Wildman–Crippen MR) is 210 cm³/mol. The van der Waals surface area contributed by atoms with Crippen molar-refractivity contribution in [1.29, 1.82) is 0 Å². The molecule has 4 nitrogen and oxygen atoms in total. The van der Waals surface area contributed by atoms with Crippen molar-refractivity contribution >= 4 is 54.6 Å². The maximum atomic E-state index is 6.38. The summed E-state index contributed by atoms with van der Waals surface area (Å²) in [5.74, 6) is 0.717. The number of hydrogen-bond acceptors (Lipinski definition) is 3. The van der Waals surface area contributed by atoms with E-state index in [-0.39, 0.29) is 5.41 Å². The molecular formula is C47H31N3O. The Morgan fingerprint density at radius 1 is 0.490 bits per heavy atom. The van der Waals surface area contributed by atoms with Gasteiger partial charge in [-0.05, 0) is 89.0 Å². The van der Waals surface area contributed by atoms with Gasteiger partial charge in [0.05, 0.1) is 22.2 Å². The minimum atomic E-state index is -0.158. The predicted octanol–water partition coefficient (Wildman–Crippen LogP) is 12.3. The lowest BCUT2D eigenvalue weighted by atomic mass is 9.81. The normalized spacial score (nSPS) is 13.5. The molecule has 4 heteroatoms. The minimum Gasteiger partial charge on any atom is -0.456 e. The third-order valence-corrected chi connectivity index (χ3v) is 11.0. The van der Waals surface area contributed by atoms with E-state index >= 15 is 0 Å². The fourth-order valence-corrected chi connectivity index (χ4v) is 8.47. The van der Waals surface area contributed by atoms with E-state index in [0.29, 0.717) is 0 Å². The van der Waals surface area contributed by atoms with Gasteiger partial charge < -0.3 is 8.98 Å². The lowest BCUT2D eigenvalue weighted by molar-refractivity contribution is 0.658. The van der Waals surface area contributed by atoms with Gasteiger partial charge in [0.1, 0.15) is 11.2 Å². The fourth-order valence-electron chi connectivity index (χ4n) is 8.47. The van der Waals surface area contributed by atoms with E-state index in [4.69, 9.17) is 14.4 Å². The lowest BCUT2D eigenvalue weighted by Crippen LogP contribution is -2.14. The van der Waals surface area contributed by atoms with Crippen LogP contribution in [0, 0.1) is 0 Å². The lowest BCUT2D eigenvalue weighted by Gasteiger charge is -2.21. The van der Waals surface area contributed by atoms with Gasteiger partial charge in [-0.2, -0.15) is 0 Å². The largest absolute Gasteiger partial charge is 0.456 e. The first-order chi connectivity index (χ1) is 25.0. The van der Waals surface area contributed by atoms with Gasteiger partial charge in [0.25, 0.3) is 0 Å². The molecule has 0 spiro atoms. The van der Waals surface area contributed by atoms with Crippen LogP contribution in [0.5, 0.6) is 0 Å². The van der Waals surface area contributed by atoms with E-state index in [1.165, 1.54) is 54.8 Å². The minimum absolute atomic E-state index is 0.158. The van der Waals surface area contributed by atoms with Crippen molar-refractivity contribution in [2.45, 2.75) is 19.3 Å². The Labute approximate surface area is 294 Å². The number of hydrogen-bond donors (Lipinski definition) is 0. The Morgan fingerprint density at radius 3 is 1.98 bits per heavy atom. The molecule has 11 rings (SSSR count). The summed E-state index contributed by atoms with van der Waals surface area (Å²) in [7, 11) is 0. The average molecular weight is 654 g/mol. The summed E-state index contributed by atoms with van der Waals surface area (Å²) >= 11 is 0. The van der Waals surface area contributed by atoms with Gasteiger partial charge in [0, 0.05) is 49.2 Å². The quantitative estimate of drug-likeness (QED) is 0.191. The SMILES string of the molecule is CC1(C)c2cc3c(cc2-c2cc4c(cc21)c1ccccc1n4-c1ccc(-c2nc(-c4ccccc4)c4ccccc4n2)cc1)oc1ccccc13. The monoisotopic (exact) mass is 653 g/mol. The zero-order valence-electron chi connectivity index (χ0n) is 28.2. The highest BCUT2D eigenvalue weighted by atomic mass is 16.3. The van der Waals surface area contributed by atoms with Gasteiger partial charge in [-0.25, -0.2) is 9.97 Å². The van der Waals surface area contributed by atoms with Crippen molar-refractivity contribution in [2.75, 3.05) is 0 Å². The standard InChI is InChI=1S/C47H31N3O/c1-47(2)38-24-36-31-14-7-10-18-41(31)50(42(36)26-34(38)35-27-44-37(25-39(35)47)32-15-8-11-19-43(32)51-44)30-22-20-29(21-23-30)46-48-40-17-9-6-16-33(40)45(49-46)28-12-4-3-5-13-28/h3-27H,1-2H3. The Morgan fingerprint density at radius 2 is 1.16 bits per heavy atom. The zero-order chi connectivity index (χ0) is 33.8. The number of rotatable bonds is 3. The van der Waals surface area contributed by atoms with Crippen molar-refractivity contribution < 1.29 is 4.42 Å². The second-order valence-electron chi connectivity index (χ2n) is 14.2. The van der Waals surface area contributed by atoms with Crippen LogP contribution in [0.1, 0.15) is 25.0 Å². The van der Waals surface area contributed by atoms with E-state index in [0.717, 1.165) is 50.4 Å². The van der Waals surface area contributed by atoms with Crippen LogP contribution in [0.15, 0.2) is 156 Å². The van der Waals surface area contributed by atoms with E-state index in [1.807, 2.05) is 24.3 Å².